The average Bonchev–Trinajstić information content (AvgIpc) is 3.02. The van der Waals surface area contributed by atoms with Crippen LogP contribution in [-0.4, -0.2) is 30.1 Å². The number of aromatic carboxylic acids is 1. The second-order valence-corrected chi connectivity index (χ2v) is 5.33. The Kier molecular flexibility index (Phi) is 5.41. The highest BCUT2D eigenvalue weighted by Crippen LogP contribution is 2.18. The zero-order chi connectivity index (χ0) is 16.8. The molecule has 0 atom stereocenters. The van der Waals surface area contributed by atoms with Crippen molar-refractivity contribution in [3.05, 3.63) is 53.5 Å². The van der Waals surface area contributed by atoms with E-state index in [1.807, 2.05) is 24.3 Å². The Morgan fingerprint density at radius 1 is 1.26 bits per heavy atom. The fourth-order valence-corrected chi connectivity index (χ4v) is 1.94. The molecule has 0 bridgehead atoms. The molecule has 0 saturated carbocycles. The maximum Gasteiger partial charge on any atom is 0.338 e. The minimum atomic E-state index is -1.14. The highest BCUT2D eigenvalue weighted by molar-refractivity contribution is 5.95. The van der Waals surface area contributed by atoms with Crippen molar-refractivity contribution in [1.82, 2.24) is 5.32 Å². The van der Waals surface area contributed by atoms with E-state index in [0.717, 1.165) is 12.0 Å². The maximum absolute atomic E-state index is 11.8. The summed E-state index contributed by atoms with van der Waals surface area (Å²) in [5, 5.41) is 11.4. The zero-order valence-electron chi connectivity index (χ0n) is 13.0. The Bertz CT molecular complexity index is 673. The summed E-state index contributed by atoms with van der Waals surface area (Å²) in [6.45, 7) is 4.83. The highest BCUT2D eigenvalue weighted by Gasteiger charge is 2.14. The van der Waals surface area contributed by atoms with E-state index >= 15 is 0 Å². The third-order valence-corrected chi connectivity index (χ3v) is 3.27. The van der Waals surface area contributed by atoms with Gasteiger partial charge < -0.3 is 19.6 Å². The summed E-state index contributed by atoms with van der Waals surface area (Å²) in [5.74, 6) is -0.456. The lowest BCUT2D eigenvalue weighted by Gasteiger charge is -2.09. The Labute approximate surface area is 134 Å². The Balaban J connectivity index is 1.76. The molecule has 0 fully saturated rings. The van der Waals surface area contributed by atoms with Crippen molar-refractivity contribution < 1.29 is 23.8 Å². The van der Waals surface area contributed by atoms with Crippen molar-refractivity contribution in [1.29, 1.82) is 0 Å². The molecule has 1 amide bonds. The normalized spacial score (nSPS) is 10.6. The maximum atomic E-state index is 11.8. The molecule has 6 heteroatoms. The van der Waals surface area contributed by atoms with Crippen LogP contribution in [0.25, 0.3) is 0 Å². The number of nitrogens with one attached hydrogen (secondary N) is 1. The molecule has 0 radical (unpaired) electrons. The number of carboxylic acids is 1. The largest absolute Gasteiger partial charge is 0.492 e. The van der Waals surface area contributed by atoms with Crippen molar-refractivity contribution in [3.63, 3.8) is 0 Å². The summed E-state index contributed by atoms with van der Waals surface area (Å²) in [4.78, 5) is 22.5. The predicted octanol–water partition coefficient (Wildman–Crippen LogP) is 2.91. The third-order valence-electron chi connectivity index (χ3n) is 3.27. The van der Waals surface area contributed by atoms with E-state index in [-0.39, 0.29) is 17.9 Å². The zero-order valence-corrected chi connectivity index (χ0v) is 13.0. The van der Waals surface area contributed by atoms with Crippen LogP contribution in [0.5, 0.6) is 5.75 Å². The van der Waals surface area contributed by atoms with Crippen LogP contribution in [0.3, 0.4) is 0 Å². The van der Waals surface area contributed by atoms with Crippen LogP contribution in [0.2, 0.25) is 0 Å². The van der Waals surface area contributed by atoms with Gasteiger partial charge in [0.1, 0.15) is 18.6 Å². The van der Waals surface area contributed by atoms with Gasteiger partial charge in [0.15, 0.2) is 5.76 Å². The summed E-state index contributed by atoms with van der Waals surface area (Å²) < 4.78 is 10.4. The molecule has 0 aliphatic heterocycles. The first-order valence-corrected chi connectivity index (χ1v) is 7.30. The summed E-state index contributed by atoms with van der Waals surface area (Å²) in [6, 6.07) is 8.98. The van der Waals surface area contributed by atoms with Gasteiger partial charge in [0, 0.05) is 6.07 Å². The number of furan rings is 1. The second kappa shape index (κ2) is 7.49. The first kappa shape index (κ1) is 16.6. The molecule has 2 N–H and O–H groups in total. The first-order valence-electron chi connectivity index (χ1n) is 7.30. The molecule has 6 nitrogen and oxygen atoms in total. The topological polar surface area (TPSA) is 88.8 Å². The van der Waals surface area contributed by atoms with E-state index in [2.05, 4.69) is 19.2 Å². The molecule has 2 rings (SSSR count). The summed E-state index contributed by atoms with van der Waals surface area (Å²) in [6.07, 6.45) is 1.03. The predicted molar refractivity (Wildman–Crippen MR) is 84.0 cm³/mol. The van der Waals surface area contributed by atoms with Gasteiger partial charge in [-0.15, -0.1) is 0 Å². The molecule has 122 valence electrons. The van der Waals surface area contributed by atoms with Crippen LogP contribution in [0, 0.1) is 0 Å². The molecule has 1 aromatic carbocycles. The number of amides is 1. The Morgan fingerprint density at radius 3 is 2.52 bits per heavy atom. The van der Waals surface area contributed by atoms with Crippen molar-refractivity contribution in [2.75, 3.05) is 13.2 Å². The molecule has 0 aliphatic carbocycles. The minimum Gasteiger partial charge on any atom is -0.492 e. The van der Waals surface area contributed by atoms with Gasteiger partial charge in [-0.3, -0.25) is 4.79 Å². The fourth-order valence-electron chi connectivity index (χ4n) is 1.94. The Hall–Kier alpha value is -2.76. The molecule has 0 spiro atoms. The van der Waals surface area contributed by atoms with Gasteiger partial charge in [-0.2, -0.15) is 0 Å². The molecule has 2 aromatic rings. The lowest BCUT2D eigenvalue weighted by Crippen LogP contribution is -2.27. The monoisotopic (exact) mass is 317 g/mol. The van der Waals surface area contributed by atoms with Gasteiger partial charge in [0.2, 0.25) is 0 Å². The molecule has 1 heterocycles. The first-order chi connectivity index (χ1) is 11.0. The van der Waals surface area contributed by atoms with Gasteiger partial charge in [-0.25, -0.2) is 4.79 Å². The van der Waals surface area contributed by atoms with Crippen LogP contribution in [0.1, 0.15) is 46.2 Å². The SMILES string of the molecule is CC(C)c1ccc(OCCNC(=O)c2cc(C(=O)O)co2)cc1. The van der Waals surface area contributed by atoms with Gasteiger partial charge in [-0.05, 0) is 23.6 Å². The molecule has 0 aliphatic rings. The minimum absolute atomic E-state index is 0.0383. The van der Waals surface area contributed by atoms with E-state index in [1.165, 1.54) is 11.6 Å². The standard InChI is InChI=1S/C17H19NO5/c1-11(2)12-3-5-14(6-4-12)22-8-7-18-16(19)15-9-13(10-23-15)17(20)21/h3-6,9-11H,7-8H2,1-2H3,(H,18,19)(H,20,21). The van der Waals surface area contributed by atoms with E-state index in [0.29, 0.717) is 12.5 Å². The molecule has 1 aromatic heterocycles. The van der Waals surface area contributed by atoms with Gasteiger partial charge in [0.05, 0.1) is 12.1 Å². The summed E-state index contributed by atoms with van der Waals surface area (Å²) >= 11 is 0. The number of rotatable bonds is 7. The number of carboxylic acid groups (broad SMARTS) is 1. The third kappa shape index (κ3) is 4.60. The molecular formula is C17H19NO5. The molecule has 0 saturated heterocycles. The van der Waals surface area contributed by atoms with E-state index < -0.39 is 11.9 Å². The van der Waals surface area contributed by atoms with Crippen molar-refractivity contribution in [2.24, 2.45) is 0 Å². The van der Waals surface area contributed by atoms with Crippen molar-refractivity contribution in [2.45, 2.75) is 19.8 Å². The molecule has 23 heavy (non-hydrogen) atoms. The summed E-state index contributed by atoms with van der Waals surface area (Å²) in [7, 11) is 0. The lowest BCUT2D eigenvalue weighted by atomic mass is 10.0. The number of carbonyl (C=O) groups excluding carboxylic acids is 1. The number of benzene rings is 1. The van der Waals surface area contributed by atoms with Crippen LogP contribution < -0.4 is 10.1 Å². The van der Waals surface area contributed by atoms with E-state index in [1.54, 1.807) is 0 Å². The number of carbonyl (C=O) groups is 2. The smallest absolute Gasteiger partial charge is 0.338 e. The number of hydrogen-bond acceptors (Lipinski definition) is 4. The van der Waals surface area contributed by atoms with Crippen LogP contribution in [-0.2, 0) is 0 Å². The highest BCUT2D eigenvalue weighted by atomic mass is 16.5. The number of ether oxygens (including phenoxy) is 1. The van der Waals surface area contributed by atoms with E-state index in [9.17, 15) is 9.59 Å². The lowest BCUT2D eigenvalue weighted by molar-refractivity contribution is 0.0696. The second-order valence-electron chi connectivity index (χ2n) is 5.33. The van der Waals surface area contributed by atoms with Crippen LogP contribution in [0.15, 0.2) is 41.0 Å². The van der Waals surface area contributed by atoms with Crippen molar-refractivity contribution in [3.8, 4) is 5.75 Å². The van der Waals surface area contributed by atoms with Gasteiger partial charge in [-0.1, -0.05) is 26.0 Å². The average molecular weight is 317 g/mol. The quantitative estimate of drug-likeness (QED) is 0.767. The van der Waals surface area contributed by atoms with Crippen LogP contribution in [0.4, 0.5) is 0 Å². The summed E-state index contributed by atoms with van der Waals surface area (Å²) in [5.41, 5.74) is 1.18. The van der Waals surface area contributed by atoms with Gasteiger partial charge >= 0.3 is 5.97 Å². The molecule has 0 unspecified atom stereocenters. The van der Waals surface area contributed by atoms with Crippen molar-refractivity contribution >= 4 is 11.9 Å². The fraction of sp³-hybridized carbons (Fsp3) is 0.294. The van der Waals surface area contributed by atoms with E-state index in [4.69, 9.17) is 14.3 Å². The molecular weight excluding hydrogens is 298 g/mol. The van der Waals surface area contributed by atoms with Crippen LogP contribution >= 0.6 is 0 Å². The van der Waals surface area contributed by atoms with Gasteiger partial charge in [0.25, 0.3) is 5.91 Å². The number of hydrogen-bond donors (Lipinski definition) is 2. The Morgan fingerprint density at radius 2 is 1.96 bits per heavy atom.